The van der Waals surface area contributed by atoms with Crippen LogP contribution in [0.3, 0.4) is 0 Å². The number of nitrogens with zero attached hydrogens (tertiary/aromatic N) is 5. The largest absolute Gasteiger partial charge is 0.415 e. The third-order valence-corrected chi connectivity index (χ3v) is 9.63. The van der Waals surface area contributed by atoms with Gasteiger partial charge in [-0.3, -0.25) is 4.79 Å². The number of piperazine rings is 1. The number of amides is 1. The second-order valence-corrected chi connectivity index (χ2v) is 11.6. The van der Waals surface area contributed by atoms with E-state index in [4.69, 9.17) is 4.42 Å². The molecule has 3 saturated heterocycles. The molecule has 0 bridgehead atoms. The van der Waals surface area contributed by atoms with Gasteiger partial charge >= 0.3 is 11.8 Å². The van der Waals surface area contributed by atoms with E-state index in [0.29, 0.717) is 52.2 Å². The van der Waals surface area contributed by atoms with E-state index in [2.05, 4.69) is 46.4 Å². The van der Waals surface area contributed by atoms with E-state index < -0.39 is 15.3 Å². The number of aryl methyl sites for hydroxylation is 1. The van der Waals surface area contributed by atoms with E-state index in [-0.39, 0.29) is 23.7 Å². The van der Waals surface area contributed by atoms with Crippen LogP contribution < -0.4 is 10.2 Å². The Hall–Kier alpha value is -2.50. The Morgan fingerprint density at radius 2 is 1.79 bits per heavy atom. The number of hydrogen-bond donors (Lipinski definition) is 1. The van der Waals surface area contributed by atoms with E-state index in [1.807, 2.05) is 6.07 Å². The minimum absolute atomic E-state index is 0.0208. The van der Waals surface area contributed by atoms with Gasteiger partial charge in [-0.15, -0.1) is 10.2 Å². The third-order valence-electron chi connectivity index (χ3n) is 7.34. The Balaban J connectivity index is 1.20. The molecule has 0 spiro atoms. The predicted octanol–water partition coefficient (Wildman–Crippen LogP) is 1.48. The van der Waals surface area contributed by atoms with Crippen molar-refractivity contribution in [2.45, 2.75) is 44.4 Å². The summed E-state index contributed by atoms with van der Waals surface area (Å²) in [6.45, 7) is 8.19. The van der Waals surface area contributed by atoms with Crippen LogP contribution in [-0.4, -0.2) is 84.8 Å². The molecule has 1 amide bonds. The number of anilines is 1. The van der Waals surface area contributed by atoms with E-state index in [1.165, 1.54) is 16.8 Å². The van der Waals surface area contributed by atoms with Crippen LogP contribution in [0.1, 0.15) is 53.0 Å². The first kappa shape index (κ1) is 23.3. The summed E-state index contributed by atoms with van der Waals surface area (Å²) in [5, 5.41) is 10.6. The Morgan fingerprint density at radius 1 is 1.06 bits per heavy atom. The Morgan fingerprint density at radius 3 is 2.53 bits per heavy atom. The molecule has 1 N–H and O–H groups in total. The van der Waals surface area contributed by atoms with Crippen molar-refractivity contribution >= 4 is 21.6 Å². The van der Waals surface area contributed by atoms with Crippen LogP contribution in [-0.2, 0) is 10.0 Å². The molecule has 1 aromatic carbocycles. The second kappa shape index (κ2) is 9.27. The smallest absolute Gasteiger partial charge is 0.311 e. The number of aromatic nitrogens is 2. The molecule has 11 heteroatoms. The van der Waals surface area contributed by atoms with Crippen LogP contribution in [0.25, 0.3) is 0 Å². The van der Waals surface area contributed by atoms with Crippen LogP contribution in [0.4, 0.5) is 5.69 Å². The van der Waals surface area contributed by atoms with Gasteiger partial charge in [0.05, 0.1) is 11.3 Å². The molecule has 34 heavy (non-hydrogen) atoms. The van der Waals surface area contributed by atoms with Crippen molar-refractivity contribution in [2.75, 3.05) is 50.7 Å². The molecule has 0 saturated carbocycles. The summed E-state index contributed by atoms with van der Waals surface area (Å²) in [5.41, 5.74) is 3.65. The Labute approximate surface area is 200 Å². The van der Waals surface area contributed by atoms with Gasteiger partial charge in [0.2, 0.25) is 15.9 Å². The topological polar surface area (TPSA) is 112 Å². The van der Waals surface area contributed by atoms with Crippen molar-refractivity contribution in [3.8, 4) is 0 Å². The van der Waals surface area contributed by atoms with E-state index >= 15 is 0 Å². The van der Waals surface area contributed by atoms with E-state index in [9.17, 15) is 13.2 Å². The summed E-state index contributed by atoms with van der Waals surface area (Å²) in [6.07, 6.45) is 2.31. The number of sulfonamides is 1. The average Bonchev–Trinajstić information content (AvgIpc) is 3.62. The predicted molar refractivity (Wildman–Crippen MR) is 127 cm³/mol. The molecule has 5 rings (SSSR count). The summed E-state index contributed by atoms with van der Waals surface area (Å²) < 4.78 is 34.0. The molecule has 3 aliphatic rings. The molecule has 0 aliphatic carbocycles. The lowest BCUT2D eigenvalue weighted by Gasteiger charge is -2.37. The minimum atomic E-state index is -3.47. The van der Waals surface area contributed by atoms with Gasteiger partial charge in [0, 0.05) is 51.5 Å². The van der Waals surface area contributed by atoms with Crippen LogP contribution in [0.15, 0.2) is 22.6 Å². The van der Waals surface area contributed by atoms with Crippen molar-refractivity contribution < 1.29 is 17.6 Å². The van der Waals surface area contributed by atoms with Gasteiger partial charge in [-0.1, -0.05) is 12.1 Å². The van der Waals surface area contributed by atoms with Gasteiger partial charge in [0.1, 0.15) is 0 Å². The van der Waals surface area contributed by atoms with Gasteiger partial charge in [0.15, 0.2) is 0 Å². The van der Waals surface area contributed by atoms with Crippen molar-refractivity contribution in [2.24, 2.45) is 0 Å². The number of carbonyl (C=O) groups excluding carboxylic acids is 1. The molecular formula is C23H32N6O4S. The van der Waals surface area contributed by atoms with Crippen molar-refractivity contribution in [1.29, 1.82) is 0 Å². The maximum atomic E-state index is 13.4. The highest BCUT2D eigenvalue weighted by molar-refractivity contribution is 7.89. The molecule has 2 unspecified atom stereocenters. The third kappa shape index (κ3) is 4.32. The summed E-state index contributed by atoms with van der Waals surface area (Å²) in [4.78, 5) is 16.5. The molecule has 10 nitrogen and oxygen atoms in total. The maximum absolute atomic E-state index is 13.4. The highest BCUT2D eigenvalue weighted by Crippen LogP contribution is 2.30. The summed E-state index contributed by atoms with van der Waals surface area (Å²) >= 11 is 0. The zero-order valence-corrected chi connectivity index (χ0v) is 20.6. The Bertz CT molecular complexity index is 1150. The van der Waals surface area contributed by atoms with Crippen LogP contribution >= 0.6 is 0 Å². The van der Waals surface area contributed by atoms with Gasteiger partial charge < -0.3 is 19.5 Å². The first-order valence-corrected chi connectivity index (χ1v) is 13.5. The summed E-state index contributed by atoms with van der Waals surface area (Å²) in [7, 11) is -3.47. The number of rotatable bonds is 5. The van der Waals surface area contributed by atoms with Gasteiger partial charge in [0.25, 0.3) is 0 Å². The lowest BCUT2D eigenvalue weighted by molar-refractivity contribution is 0.0750. The molecule has 2 aromatic rings. The van der Waals surface area contributed by atoms with E-state index in [1.54, 1.807) is 9.21 Å². The fourth-order valence-electron chi connectivity index (χ4n) is 5.11. The summed E-state index contributed by atoms with van der Waals surface area (Å²) in [6, 6.07) is 5.87. The minimum Gasteiger partial charge on any atom is -0.415 e. The second-order valence-electron chi connectivity index (χ2n) is 9.41. The van der Waals surface area contributed by atoms with Crippen molar-refractivity contribution in [3.05, 3.63) is 41.1 Å². The lowest BCUT2D eigenvalue weighted by Crippen LogP contribution is -2.51. The average molecular weight is 489 g/mol. The molecule has 2 atom stereocenters. The monoisotopic (exact) mass is 488 g/mol. The number of carbonyl (C=O) groups is 1. The standard InChI is InChI=1S/C23H32N6O4S/c1-16-6-5-7-20(17(16)2)27-10-12-29(13-11-27)34(31,32)18-14-19(24-15-18)21-25-26-22(33-21)23(30)28-8-3-4-9-28/h5-7,18-19,24H,3-4,8-15H2,1-2H3. The quantitative estimate of drug-likeness (QED) is 0.674. The highest BCUT2D eigenvalue weighted by Gasteiger charge is 2.41. The molecular weight excluding hydrogens is 456 g/mol. The molecule has 0 radical (unpaired) electrons. The molecule has 184 valence electrons. The lowest BCUT2D eigenvalue weighted by atomic mass is 10.1. The Kier molecular flexibility index (Phi) is 6.34. The van der Waals surface area contributed by atoms with Crippen LogP contribution in [0.5, 0.6) is 0 Å². The normalized spacial score (nSPS) is 24.2. The number of likely N-dealkylation sites (tertiary alicyclic amines) is 1. The summed E-state index contributed by atoms with van der Waals surface area (Å²) in [5.74, 6) is 0.00713. The fraction of sp³-hybridized carbons (Fsp3) is 0.609. The fourth-order valence-corrected chi connectivity index (χ4v) is 6.94. The van der Waals surface area contributed by atoms with Crippen molar-refractivity contribution in [3.63, 3.8) is 0 Å². The van der Waals surface area contributed by atoms with Crippen LogP contribution in [0, 0.1) is 13.8 Å². The number of hydrogen-bond acceptors (Lipinski definition) is 8. The van der Waals surface area contributed by atoms with Gasteiger partial charge in [-0.05, 0) is 50.3 Å². The van der Waals surface area contributed by atoms with Gasteiger partial charge in [-0.25, -0.2) is 8.42 Å². The van der Waals surface area contributed by atoms with Crippen LogP contribution in [0.2, 0.25) is 0 Å². The number of benzene rings is 1. The molecule has 1 aromatic heterocycles. The first-order chi connectivity index (χ1) is 16.3. The zero-order chi connectivity index (χ0) is 23.9. The number of nitrogens with one attached hydrogen (secondary N) is 1. The highest BCUT2D eigenvalue weighted by atomic mass is 32.2. The molecule has 3 fully saturated rings. The van der Waals surface area contributed by atoms with Crippen molar-refractivity contribution in [1.82, 2.24) is 24.7 Å². The van der Waals surface area contributed by atoms with Gasteiger partial charge in [-0.2, -0.15) is 4.31 Å². The zero-order valence-electron chi connectivity index (χ0n) is 19.7. The maximum Gasteiger partial charge on any atom is 0.311 e. The molecule has 3 aliphatic heterocycles. The first-order valence-electron chi connectivity index (χ1n) is 12.0. The molecule has 4 heterocycles. The van der Waals surface area contributed by atoms with E-state index in [0.717, 1.165) is 12.8 Å². The SMILES string of the molecule is Cc1cccc(N2CCN(S(=O)(=O)C3CNC(c4nnc(C(=O)N5CCCC5)o4)C3)CC2)c1C.